The fraction of sp³-hybridized carbons (Fsp3) is 0.562. The number of rotatable bonds is 5. The van der Waals surface area contributed by atoms with Crippen LogP contribution in [0.2, 0.25) is 0 Å². The van der Waals surface area contributed by atoms with E-state index in [1.165, 1.54) is 19.0 Å². The van der Waals surface area contributed by atoms with Gasteiger partial charge < -0.3 is 4.90 Å². The van der Waals surface area contributed by atoms with E-state index in [4.69, 9.17) is 0 Å². The van der Waals surface area contributed by atoms with Gasteiger partial charge in [-0.3, -0.25) is 4.68 Å². The fourth-order valence-corrected chi connectivity index (χ4v) is 4.65. The molecule has 2 fully saturated rings. The van der Waals surface area contributed by atoms with Crippen molar-refractivity contribution in [2.75, 3.05) is 18.0 Å². The van der Waals surface area contributed by atoms with Crippen LogP contribution in [-0.2, 0) is 17.1 Å². The predicted octanol–water partition coefficient (Wildman–Crippen LogP) is 0.953. The highest BCUT2D eigenvalue weighted by Crippen LogP contribution is 2.39. The topological polar surface area (TPSA) is 93.0 Å². The van der Waals surface area contributed by atoms with Crippen molar-refractivity contribution < 1.29 is 8.42 Å². The molecule has 1 unspecified atom stereocenters. The average molecular weight is 362 g/mol. The highest BCUT2D eigenvalue weighted by atomic mass is 32.2. The molecule has 2 aliphatic rings. The molecule has 0 amide bonds. The molecule has 1 atom stereocenters. The summed E-state index contributed by atoms with van der Waals surface area (Å²) in [5.41, 5.74) is 1.72. The molecule has 2 aromatic rings. The van der Waals surface area contributed by atoms with E-state index in [1.807, 2.05) is 6.07 Å². The maximum absolute atomic E-state index is 12.6. The first-order valence-corrected chi connectivity index (χ1v) is 10.0. The number of nitrogens with one attached hydrogen (secondary N) is 1. The van der Waals surface area contributed by atoms with Crippen LogP contribution in [0.4, 0.5) is 5.95 Å². The molecule has 1 saturated heterocycles. The van der Waals surface area contributed by atoms with Crippen molar-refractivity contribution in [2.24, 2.45) is 7.05 Å². The summed E-state index contributed by atoms with van der Waals surface area (Å²) in [7, 11) is -1.84. The summed E-state index contributed by atoms with van der Waals surface area (Å²) in [5, 5.41) is 4.02. The van der Waals surface area contributed by atoms with Gasteiger partial charge in [0.05, 0.1) is 11.9 Å². The fourth-order valence-electron chi connectivity index (χ4n) is 3.18. The summed E-state index contributed by atoms with van der Waals surface area (Å²) < 4.78 is 29.6. The molecule has 25 heavy (non-hydrogen) atoms. The van der Waals surface area contributed by atoms with Gasteiger partial charge in [-0.1, -0.05) is 0 Å². The summed E-state index contributed by atoms with van der Waals surface area (Å²) in [4.78, 5) is 11.3. The molecule has 0 radical (unpaired) electrons. The van der Waals surface area contributed by atoms with E-state index in [0.717, 1.165) is 18.7 Å². The standard InChI is InChI=1S/C16H22N6O2S/c1-11-15(9-18-21(11)2)25(23,24)20-13-6-8-22(10-13)16-17-7-5-14(19-16)12-3-4-12/h5,7,9,12-13,20H,3-4,6,8,10H2,1-2H3. The van der Waals surface area contributed by atoms with Gasteiger partial charge in [0, 0.05) is 44.0 Å². The summed E-state index contributed by atoms with van der Waals surface area (Å²) in [6.07, 6.45) is 6.32. The molecule has 1 aliphatic carbocycles. The molecule has 1 saturated carbocycles. The third kappa shape index (κ3) is 3.25. The Balaban J connectivity index is 1.45. The van der Waals surface area contributed by atoms with E-state index in [2.05, 4.69) is 24.7 Å². The van der Waals surface area contributed by atoms with Gasteiger partial charge in [-0.15, -0.1) is 0 Å². The van der Waals surface area contributed by atoms with Gasteiger partial charge in [0.25, 0.3) is 0 Å². The Morgan fingerprint density at radius 1 is 1.28 bits per heavy atom. The van der Waals surface area contributed by atoms with Crippen LogP contribution in [-0.4, -0.2) is 47.3 Å². The molecule has 2 aromatic heterocycles. The number of hydrogen-bond acceptors (Lipinski definition) is 6. The summed E-state index contributed by atoms with van der Waals surface area (Å²) >= 11 is 0. The van der Waals surface area contributed by atoms with Crippen molar-refractivity contribution >= 4 is 16.0 Å². The molecule has 8 nitrogen and oxygen atoms in total. The third-order valence-electron chi connectivity index (χ3n) is 4.93. The number of hydrogen-bond donors (Lipinski definition) is 1. The molecule has 1 aliphatic heterocycles. The van der Waals surface area contributed by atoms with Crippen molar-refractivity contribution in [1.29, 1.82) is 0 Å². The molecule has 0 bridgehead atoms. The van der Waals surface area contributed by atoms with Gasteiger partial charge in [0.2, 0.25) is 16.0 Å². The zero-order chi connectivity index (χ0) is 17.6. The lowest BCUT2D eigenvalue weighted by Gasteiger charge is -2.17. The molecule has 0 aromatic carbocycles. The van der Waals surface area contributed by atoms with E-state index >= 15 is 0 Å². The van der Waals surface area contributed by atoms with Gasteiger partial charge >= 0.3 is 0 Å². The minimum absolute atomic E-state index is 0.155. The Morgan fingerprint density at radius 3 is 2.76 bits per heavy atom. The Kier molecular flexibility index (Phi) is 3.99. The first kappa shape index (κ1) is 16.5. The highest BCUT2D eigenvalue weighted by Gasteiger charge is 2.31. The minimum atomic E-state index is -3.57. The Labute approximate surface area is 147 Å². The van der Waals surface area contributed by atoms with E-state index in [1.54, 1.807) is 24.9 Å². The van der Waals surface area contributed by atoms with E-state index in [-0.39, 0.29) is 10.9 Å². The van der Waals surface area contributed by atoms with Crippen LogP contribution in [0.25, 0.3) is 0 Å². The lowest BCUT2D eigenvalue weighted by molar-refractivity contribution is 0.560. The van der Waals surface area contributed by atoms with Crippen molar-refractivity contribution in [2.45, 2.75) is 43.0 Å². The molecular weight excluding hydrogens is 340 g/mol. The SMILES string of the molecule is Cc1c(S(=O)(=O)NC2CCN(c3nccc(C4CC4)n3)C2)cnn1C. The van der Waals surface area contributed by atoms with Crippen molar-refractivity contribution in [3.63, 3.8) is 0 Å². The van der Waals surface area contributed by atoms with Crippen molar-refractivity contribution in [3.8, 4) is 0 Å². The molecular formula is C16H22N6O2S. The zero-order valence-corrected chi connectivity index (χ0v) is 15.2. The van der Waals surface area contributed by atoms with E-state index in [0.29, 0.717) is 24.1 Å². The Bertz CT molecular complexity index is 890. The van der Waals surface area contributed by atoms with Crippen LogP contribution >= 0.6 is 0 Å². The van der Waals surface area contributed by atoms with Crippen molar-refractivity contribution in [1.82, 2.24) is 24.5 Å². The van der Waals surface area contributed by atoms with Gasteiger partial charge in [-0.25, -0.2) is 23.1 Å². The number of aromatic nitrogens is 4. The van der Waals surface area contributed by atoms with Gasteiger partial charge in [-0.2, -0.15) is 5.10 Å². The van der Waals surface area contributed by atoms with Crippen LogP contribution in [0.3, 0.4) is 0 Å². The Hall–Kier alpha value is -2.00. The molecule has 9 heteroatoms. The first-order valence-electron chi connectivity index (χ1n) is 8.53. The third-order valence-corrected chi connectivity index (χ3v) is 6.56. The largest absolute Gasteiger partial charge is 0.339 e. The van der Waals surface area contributed by atoms with Gasteiger partial charge in [-0.05, 0) is 32.3 Å². The quantitative estimate of drug-likeness (QED) is 0.851. The summed E-state index contributed by atoms with van der Waals surface area (Å²) in [6, 6.07) is 1.82. The average Bonchev–Trinajstić information content (AvgIpc) is 3.25. The molecule has 0 spiro atoms. The monoisotopic (exact) mass is 362 g/mol. The summed E-state index contributed by atoms with van der Waals surface area (Å²) in [5.74, 6) is 1.27. The minimum Gasteiger partial charge on any atom is -0.339 e. The van der Waals surface area contributed by atoms with Crippen LogP contribution < -0.4 is 9.62 Å². The van der Waals surface area contributed by atoms with Crippen LogP contribution in [0.5, 0.6) is 0 Å². The van der Waals surface area contributed by atoms with Crippen molar-refractivity contribution in [3.05, 3.63) is 29.8 Å². The molecule has 4 rings (SSSR count). The Morgan fingerprint density at radius 2 is 2.08 bits per heavy atom. The van der Waals surface area contributed by atoms with E-state index < -0.39 is 10.0 Å². The second kappa shape index (κ2) is 6.06. The van der Waals surface area contributed by atoms with E-state index in [9.17, 15) is 8.42 Å². The normalized spacial score (nSPS) is 21.0. The van der Waals surface area contributed by atoms with Crippen LogP contribution in [0, 0.1) is 6.92 Å². The van der Waals surface area contributed by atoms with Crippen LogP contribution in [0.15, 0.2) is 23.4 Å². The predicted molar refractivity (Wildman–Crippen MR) is 92.9 cm³/mol. The maximum Gasteiger partial charge on any atom is 0.244 e. The maximum atomic E-state index is 12.6. The molecule has 134 valence electrons. The molecule has 3 heterocycles. The number of anilines is 1. The second-order valence-corrected chi connectivity index (χ2v) is 8.51. The van der Waals surface area contributed by atoms with Crippen LogP contribution in [0.1, 0.15) is 36.6 Å². The lowest BCUT2D eigenvalue weighted by Crippen LogP contribution is -2.37. The number of nitrogens with zero attached hydrogens (tertiary/aromatic N) is 5. The molecule has 1 N–H and O–H groups in total. The summed E-state index contributed by atoms with van der Waals surface area (Å²) in [6.45, 7) is 3.07. The van der Waals surface area contributed by atoms with Gasteiger partial charge in [0.15, 0.2) is 0 Å². The lowest BCUT2D eigenvalue weighted by atomic mass is 10.3. The van der Waals surface area contributed by atoms with Gasteiger partial charge in [0.1, 0.15) is 4.90 Å². The smallest absolute Gasteiger partial charge is 0.244 e. The second-order valence-electron chi connectivity index (χ2n) is 6.83. The highest BCUT2D eigenvalue weighted by molar-refractivity contribution is 7.89. The first-order chi connectivity index (χ1) is 11.9. The number of aryl methyl sites for hydroxylation is 1. The zero-order valence-electron chi connectivity index (χ0n) is 14.4. The number of sulfonamides is 1.